The van der Waals surface area contributed by atoms with Gasteiger partial charge in [-0.1, -0.05) is 32.0 Å². The molecule has 3 rings (SSSR count). The summed E-state index contributed by atoms with van der Waals surface area (Å²) >= 11 is 0.560. The van der Waals surface area contributed by atoms with E-state index in [1.54, 1.807) is 12.1 Å². The first kappa shape index (κ1) is 29.4. The molecule has 2 aromatic heterocycles. The first-order chi connectivity index (χ1) is 17.8. The number of thiazole rings is 1. The summed E-state index contributed by atoms with van der Waals surface area (Å²) in [6, 6.07) is 7.35. The Bertz CT molecular complexity index is 1250. The predicted molar refractivity (Wildman–Crippen MR) is 131 cm³/mol. The second-order valence-electron chi connectivity index (χ2n) is 8.39. The molecule has 2 heterocycles. The summed E-state index contributed by atoms with van der Waals surface area (Å²) in [5.41, 5.74) is -0.219. The molecular formula is C25H26F6N4O2S. The van der Waals surface area contributed by atoms with E-state index < -0.39 is 40.8 Å². The fraction of sp³-hybridized carbons (Fsp3) is 0.400. The van der Waals surface area contributed by atoms with Crippen molar-refractivity contribution in [1.82, 2.24) is 20.2 Å². The van der Waals surface area contributed by atoms with Gasteiger partial charge in [-0.05, 0) is 55.8 Å². The molecule has 0 aliphatic rings. The van der Waals surface area contributed by atoms with Crippen LogP contribution in [-0.2, 0) is 12.7 Å². The van der Waals surface area contributed by atoms with Crippen molar-refractivity contribution >= 4 is 17.2 Å². The monoisotopic (exact) mass is 560 g/mol. The van der Waals surface area contributed by atoms with Crippen LogP contribution in [-0.4, -0.2) is 40.2 Å². The highest BCUT2D eigenvalue weighted by molar-refractivity contribution is 7.17. The lowest BCUT2D eigenvalue weighted by Gasteiger charge is -2.20. The molecular weight excluding hydrogens is 534 g/mol. The van der Waals surface area contributed by atoms with E-state index in [9.17, 15) is 31.1 Å². The number of amides is 1. The van der Waals surface area contributed by atoms with E-state index in [2.05, 4.69) is 24.9 Å². The maximum absolute atomic E-state index is 13.9. The maximum atomic E-state index is 13.9. The van der Waals surface area contributed by atoms with Crippen LogP contribution in [0.2, 0.25) is 0 Å². The lowest BCUT2D eigenvalue weighted by molar-refractivity contribution is -0.274. The molecule has 0 radical (unpaired) electrons. The first-order valence-electron chi connectivity index (χ1n) is 11.7. The number of carbonyl (C=O) groups is 1. The number of nitrogens with zero attached hydrogens (tertiary/aromatic N) is 3. The Morgan fingerprint density at radius 2 is 1.87 bits per heavy atom. The van der Waals surface area contributed by atoms with E-state index in [1.165, 1.54) is 25.3 Å². The Kier molecular flexibility index (Phi) is 9.36. The second-order valence-corrected chi connectivity index (χ2v) is 9.39. The third kappa shape index (κ3) is 7.67. The number of alkyl halides is 6. The maximum Gasteiger partial charge on any atom is 0.573 e. The van der Waals surface area contributed by atoms with E-state index in [-0.39, 0.29) is 16.3 Å². The van der Waals surface area contributed by atoms with Crippen LogP contribution in [0.3, 0.4) is 0 Å². The van der Waals surface area contributed by atoms with Gasteiger partial charge in [-0.15, -0.1) is 24.5 Å². The SMILES string of the molecule is CCCN(CC)Cc1cccnc1-c1nc(C(F)(F)F)c(C(=O)NC(C)c2cccc(OC(F)(F)F)c2)s1. The van der Waals surface area contributed by atoms with Crippen LogP contribution in [0.4, 0.5) is 26.3 Å². The van der Waals surface area contributed by atoms with Crippen molar-refractivity contribution < 1.29 is 35.9 Å². The van der Waals surface area contributed by atoms with Gasteiger partial charge < -0.3 is 10.1 Å². The van der Waals surface area contributed by atoms with Crippen molar-refractivity contribution in [3.63, 3.8) is 0 Å². The number of hydrogen-bond donors (Lipinski definition) is 1. The van der Waals surface area contributed by atoms with Crippen molar-refractivity contribution in [2.45, 2.75) is 52.3 Å². The number of rotatable bonds is 10. The third-order valence-corrected chi connectivity index (χ3v) is 6.58. The number of halogens is 6. The molecule has 1 N–H and O–H groups in total. The van der Waals surface area contributed by atoms with Crippen LogP contribution >= 0.6 is 11.3 Å². The number of carbonyl (C=O) groups excluding carboxylic acids is 1. The van der Waals surface area contributed by atoms with Crippen molar-refractivity contribution in [1.29, 1.82) is 0 Å². The Morgan fingerprint density at radius 3 is 2.50 bits per heavy atom. The molecule has 206 valence electrons. The summed E-state index contributed by atoms with van der Waals surface area (Å²) in [4.78, 5) is 22.4. The molecule has 38 heavy (non-hydrogen) atoms. The van der Waals surface area contributed by atoms with Gasteiger partial charge in [-0.2, -0.15) is 13.2 Å². The zero-order chi connectivity index (χ0) is 28.1. The van der Waals surface area contributed by atoms with E-state index in [1.807, 2.05) is 13.8 Å². The van der Waals surface area contributed by atoms with Gasteiger partial charge in [0.25, 0.3) is 5.91 Å². The average Bonchev–Trinajstić information content (AvgIpc) is 3.29. The highest BCUT2D eigenvalue weighted by Crippen LogP contribution is 2.38. The van der Waals surface area contributed by atoms with Crippen LogP contribution in [0, 0.1) is 0 Å². The molecule has 6 nitrogen and oxygen atoms in total. The summed E-state index contributed by atoms with van der Waals surface area (Å²) in [6.07, 6.45) is -7.49. The zero-order valence-electron chi connectivity index (χ0n) is 20.8. The Morgan fingerprint density at radius 1 is 1.13 bits per heavy atom. The summed E-state index contributed by atoms with van der Waals surface area (Å²) in [5, 5.41) is 2.36. The summed E-state index contributed by atoms with van der Waals surface area (Å²) in [7, 11) is 0. The lowest BCUT2D eigenvalue weighted by Crippen LogP contribution is -2.28. The third-order valence-electron chi connectivity index (χ3n) is 5.52. The normalized spacial score (nSPS) is 13.0. The number of pyridine rings is 1. The van der Waals surface area contributed by atoms with Crippen molar-refractivity contribution in [3.8, 4) is 16.5 Å². The number of hydrogen-bond acceptors (Lipinski definition) is 6. The number of ether oxygens (including phenoxy) is 1. The van der Waals surface area contributed by atoms with Crippen molar-refractivity contribution in [3.05, 3.63) is 64.3 Å². The van der Waals surface area contributed by atoms with E-state index in [0.29, 0.717) is 23.4 Å². The highest BCUT2D eigenvalue weighted by Gasteiger charge is 2.40. The first-order valence-corrected chi connectivity index (χ1v) is 12.5. The minimum Gasteiger partial charge on any atom is -0.406 e. The molecule has 1 aromatic carbocycles. The van der Waals surface area contributed by atoms with E-state index >= 15 is 0 Å². The van der Waals surface area contributed by atoms with Gasteiger partial charge in [-0.25, -0.2) is 4.98 Å². The average molecular weight is 561 g/mol. The summed E-state index contributed by atoms with van der Waals surface area (Å²) in [5.74, 6) is -1.58. The minimum atomic E-state index is -4.92. The van der Waals surface area contributed by atoms with E-state index in [0.717, 1.165) is 31.6 Å². The fourth-order valence-corrected chi connectivity index (χ4v) is 4.78. The van der Waals surface area contributed by atoms with Gasteiger partial charge in [0, 0.05) is 12.7 Å². The molecule has 0 saturated carbocycles. The molecule has 1 unspecified atom stereocenters. The van der Waals surface area contributed by atoms with Gasteiger partial charge in [0.05, 0.1) is 6.04 Å². The fourth-order valence-electron chi connectivity index (χ4n) is 3.76. The summed E-state index contributed by atoms with van der Waals surface area (Å²) < 4.78 is 83.2. The molecule has 1 atom stereocenters. The number of nitrogens with one attached hydrogen (secondary N) is 1. The van der Waals surface area contributed by atoms with Gasteiger partial charge in [0.2, 0.25) is 0 Å². The van der Waals surface area contributed by atoms with Crippen molar-refractivity contribution in [2.75, 3.05) is 13.1 Å². The van der Waals surface area contributed by atoms with E-state index in [4.69, 9.17) is 0 Å². The van der Waals surface area contributed by atoms with Gasteiger partial charge >= 0.3 is 12.5 Å². The number of benzene rings is 1. The summed E-state index contributed by atoms with van der Waals surface area (Å²) in [6.45, 7) is 7.40. The standard InChI is InChI=1S/C25H26F6N4O2S/c1-4-12-35(5-2)14-17-9-7-11-32-19(17)23-34-21(24(26,27)28)20(38-23)22(36)33-15(3)16-8-6-10-18(13-16)37-25(29,30)31/h6-11,13,15H,4-5,12,14H2,1-3H3,(H,33,36). The molecule has 0 aliphatic heterocycles. The van der Waals surface area contributed by atoms with Crippen LogP contribution in [0.25, 0.3) is 10.7 Å². The zero-order valence-corrected chi connectivity index (χ0v) is 21.6. The van der Waals surface area contributed by atoms with Crippen LogP contribution < -0.4 is 10.1 Å². The molecule has 3 aromatic rings. The van der Waals surface area contributed by atoms with Gasteiger partial charge in [-0.3, -0.25) is 14.7 Å². The second kappa shape index (κ2) is 12.1. The topological polar surface area (TPSA) is 67.4 Å². The van der Waals surface area contributed by atoms with Crippen LogP contribution in [0.5, 0.6) is 5.75 Å². The molecule has 0 saturated heterocycles. The van der Waals surface area contributed by atoms with Crippen LogP contribution in [0.15, 0.2) is 42.6 Å². The van der Waals surface area contributed by atoms with Gasteiger partial charge in [0.15, 0.2) is 5.69 Å². The molecule has 0 bridgehead atoms. The largest absolute Gasteiger partial charge is 0.573 e. The Hall–Kier alpha value is -3.19. The molecule has 0 aliphatic carbocycles. The Balaban J connectivity index is 1.92. The van der Waals surface area contributed by atoms with Crippen LogP contribution in [0.1, 0.15) is 59.7 Å². The number of aromatic nitrogens is 2. The molecule has 0 fully saturated rings. The smallest absolute Gasteiger partial charge is 0.406 e. The molecule has 0 spiro atoms. The quantitative estimate of drug-likeness (QED) is 0.275. The predicted octanol–water partition coefficient (Wildman–Crippen LogP) is 6.85. The highest BCUT2D eigenvalue weighted by atomic mass is 32.1. The van der Waals surface area contributed by atoms with Crippen molar-refractivity contribution in [2.24, 2.45) is 0 Å². The van der Waals surface area contributed by atoms with Gasteiger partial charge in [0.1, 0.15) is 21.3 Å². The molecule has 13 heteroatoms. The Labute approximate surface area is 219 Å². The lowest BCUT2D eigenvalue weighted by atomic mass is 10.1. The minimum absolute atomic E-state index is 0.0566. The molecule has 1 amide bonds.